The molecule has 0 saturated heterocycles. The molecule has 0 aromatic heterocycles. The summed E-state index contributed by atoms with van der Waals surface area (Å²) in [4.78, 5) is 38.3. The molecular formula is C28H46N4O5. The van der Waals surface area contributed by atoms with E-state index in [1.165, 1.54) is 10.5 Å². The van der Waals surface area contributed by atoms with Gasteiger partial charge in [-0.15, -0.1) is 0 Å². The number of rotatable bonds is 15. The Morgan fingerprint density at radius 1 is 1.30 bits per heavy atom. The molecule has 4 unspecified atom stereocenters. The number of carbonyl (C=O) groups is 3. The van der Waals surface area contributed by atoms with Gasteiger partial charge in [0.1, 0.15) is 17.9 Å². The molecule has 1 aliphatic rings. The molecule has 0 radical (unpaired) electrons. The van der Waals surface area contributed by atoms with Gasteiger partial charge in [0.15, 0.2) is 0 Å². The molecule has 0 spiro atoms. The molecule has 2 rings (SSSR count). The molecule has 0 bridgehead atoms. The lowest BCUT2D eigenvalue weighted by Crippen LogP contribution is -2.62. The quantitative estimate of drug-likeness (QED) is 0.208. The summed E-state index contributed by atoms with van der Waals surface area (Å²) in [6, 6.07) is 4.66. The average Bonchev–Trinajstić information content (AvgIpc) is 2.85. The number of fused-ring (bicyclic) bond motifs is 1. The number of carbonyl (C=O) groups excluding carboxylic acids is 3. The van der Waals surface area contributed by atoms with E-state index in [4.69, 9.17) is 4.74 Å². The van der Waals surface area contributed by atoms with E-state index in [-0.39, 0.29) is 23.8 Å². The lowest BCUT2D eigenvalue weighted by atomic mass is 9.92. The summed E-state index contributed by atoms with van der Waals surface area (Å²) in [6.45, 7) is 10.5. The van der Waals surface area contributed by atoms with Gasteiger partial charge in [-0.1, -0.05) is 38.5 Å². The normalized spacial score (nSPS) is 17.5. The molecule has 208 valence electrons. The highest BCUT2D eigenvalue weighted by Gasteiger charge is 2.41. The summed E-state index contributed by atoms with van der Waals surface area (Å²) in [6.07, 6.45) is 4.75. The van der Waals surface area contributed by atoms with E-state index in [1.54, 1.807) is 27.8 Å². The van der Waals surface area contributed by atoms with Gasteiger partial charge < -0.3 is 30.7 Å². The summed E-state index contributed by atoms with van der Waals surface area (Å²) in [5.41, 5.74) is 0.901. The third kappa shape index (κ3) is 8.43. The average molecular weight is 519 g/mol. The van der Waals surface area contributed by atoms with Crippen LogP contribution in [0.5, 0.6) is 5.75 Å². The van der Waals surface area contributed by atoms with E-state index in [9.17, 15) is 19.5 Å². The molecule has 9 nitrogen and oxygen atoms in total. The molecule has 1 aromatic rings. The predicted octanol–water partition coefficient (Wildman–Crippen LogP) is 1.80. The molecule has 1 aromatic carbocycles. The highest BCUT2D eigenvalue weighted by atomic mass is 16.5. The fourth-order valence-corrected chi connectivity index (χ4v) is 4.92. The van der Waals surface area contributed by atoms with E-state index >= 15 is 0 Å². The van der Waals surface area contributed by atoms with Crippen LogP contribution >= 0.6 is 0 Å². The zero-order chi connectivity index (χ0) is 27.6. The number of benzene rings is 1. The van der Waals surface area contributed by atoms with Crippen molar-refractivity contribution in [2.45, 2.75) is 90.5 Å². The Morgan fingerprint density at radius 2 is 2.03 bits per heavy atom. The van der Waals surface area contributed by atoms with Gasteiger partial charge in [-0.25, -0.2) is 0 Å². The SMILES string of the molecule is CCNC(=O)C(N(C)C(=O)C(NCC1CCc2cccc(CCCNC=O)c2O1)C(C)CC)C(C)(C)O. The first kappa shape index (κ1) is 30.6. The minimum absolute atomic E-state index is 0.0170. The minimum Gasteiger partial charge on any atom is -0.489 e. The van der Waals surface area contributed by atoms with Crippen molar-refractivity contribution in [2.24, 2.45) is 5.92 Å². The van der Waals surface area contributed by atoms with Crippen molar-refractivity contribution in [3.63, 3.8) is 0 Å². The maximum absolute atomic E-state index is 13.6. The molecule has 1 heterocycles. The number of nitrogens with zero attached hydrogens (tertiary/aromatic N) is 1. The number of ether oxygens (including phenoxy) is 1. The van der Waals surface area contributed by atoms with E-state index < -0.39 is 17.7 Å². The first-order chi connectivity index (χ1) is 17.5. The number of likely N-dealkylation sites (N-methyl/N-ethyl adjacent to an activating group) is 2. The van der Waals surface area contributed by atoms with E-state index in [2.05, 4.69) is 28.1 Å². The summed E-state index contributed by atoms with van der Waals surface area (Å²) in [5.74, 6) is 0.320. The van der Waals surface area contributed by atoms with Gasteiger partial charge in [0.25, 0.3) is 0 Å². The van der Waals surface area contributed by atoms with Crippen LogP contribution in [-0.4, -0.2) is 78.7 Å². The van der Waals surface area contributed by atoms with Crippen LogP contribution in [0.15, 0.2) is 18.2 Å². The lowest BCUT2D eigenvalue weighted by Gasteiger charge is -2.38. The summed E-state index contributed by atoms with van der Waals surface area (Å²) < 4.78 is 6.41. The molecule has 0 aliphatic carbocycles. The van der Waals surface area contributed by atoms with E-state index in [1.807, 2.05) is 19.9 Å². The summed E-state index contributed by atoms with van der Waals surface area (Å²) in [5, 5.41) is 19.6. The van der Waals surface area contributed by atoms with Crippen LogP contribution < -0.4 is 20.7 Å². The Balaban J connectivity index is 2.13. The number of para-hydroxylation sites is 1. The van der Waals surface area contributed by atoms with Crippen LogP contribution in [0.25, 0.3) is 0 Å². The van der Waals surface area contributed by atoms with Gasteiger partial charge >= 0.3 is 0 Å². The Bertz CT molecular complexity index is 901. The van der Waals surface area contributed by atoms with Gasteiger partial charge in [0.2, 0.25) is 18.2 Å². The monoisotopic (exact) mass is 518 g/mol. The maximum Gasteiger partial charge on any atom is 0.245 e. The molecule has 3 amide bonds. The Kier molecular flexibility index (Phi) is 11.8. The Labute approximate surface area is 221 Å². The van der Waals surface area contributed by atoms with Crippen molar-refractivity contribution in [1.82, 2.24) is 20.9 Å². The predicted molar refractivity (Wildman–Crippen MR) is 144 cm³/mol. The molecule has 0 fully saturated rings. The third-order valence-corrected chi connectivity index (χ3v) is 7.10. The van der Waals surface area contributed by atoms with Crippen molar-refractivity contribution in [3.05, 3.63) is 29.3 Å². The first-order valence-corrected chi connectivity index (χ1v) is 13.5. The van der Waals surface area contributed by atoms with Crippen LogP contribution in [0.3, 0.4) is 0 Å². The second-order valence-electron chi connectivity index (χ2n) is 10.5. The molecule has 1 aliphatic heterocycles. The molecule has 4 atom stereocenters. The van der Waals surface area contributed by atoms with Crippen LogP contribution in [0.1, 0.15) is 65.0 Å². The van der Waals surface area contributed by atoms with Crippen LogP contribution in [-0.2, 0) is 27.2 Å². The third-order valence-electron chi connectivity index (χ3n) is 7.10. The smallest absolute Gasteiger partial charge is 0.245 e. The van der Waals surface area contributed by atoms with Gasteiger partial charge in [0.05, 0.1) is 11.6 Å². The zero-order valence-electron chi connectivity index (χ0n) is 23.3. The van der Waals surface area contributed by atoms with Crippen LogP contribution in [0.2, 0.25) is 0 Å². The highest BCUT2D eigenvalue weighted by Crippen LogP contribution is 2.32. The van der Waals surface area contributed by atoms with Crippen molar-refractivity contribution >= 4 is 18.2 Å². The van der Waals surface area contributed by atoms with Gasteiger partial charge in [0, 0.05) is 26.7 Å². The maximum atomic E-state index is 13.6. The summed E-state index contributed by atoms with van der Waals surface area (Å²) >= 11 is 0. The highest BCUT2D eigenvalue weighted by molar-refractivity contribution is 5.90. The van der Waals surface area contributed by atoms with Crippen molar-refractivity contribution in [2.75, 3.05) is 26.7 Å². The topological polar surface area (TPSA) is 120 Å². The second kappa shape index (κ2) is 14.3. The molecule has 0 saturated carbocycles. The van der Waals surface area contributed by atoms with Gasteiger partial charge in [-0.3, -0.25) is 14.4 Å². The number of hydrogen-bond acceptors (Lipinski definition) is 6. The number of nitrogens with one attached hydrogen (secondary N) is 3. The number of amides is 3. The van der Waals surface area contributed by atoms with Crippen LogP contribution in [0.4, 0.5) is 0 Å². The van der Waals surface area contributed by atoms with Crippen molar-refractivity contribution in [3.8, 4) is 5.75 Å². The fourth-order valence-electron chi connectivity index (χ4n) is 4.92. The fraction of sp³-hybridized carbons (Fsp3) is 0.679. The largest absolute Gasteiger partial charge is 0.489 e. The van der Waals surface area contributed by atoms with Crippen LogP contribution in [0, 0.1) is 5.92 Å². The lowest BCUT2D eigenvalue weighted by molar-refractivity contribution is -0.149. The first-order valence-electron chi connectivity index (χ1n) is 13.5. The Morgan fingerprint density at radius 3 is 2.65 bits per heavy atom. The number of aliphatic hydroxyl groups is 1. The van der Waals surface area contributed by atoms with E-state index in [0.29, 0.717) is 26.0 Å². The van der Waals surface area contributed by atoms with Crippen molar-refractivity contribution in [1.29, 1.82) is 0 Å². The second-order valence-corrected chi connectivity index (χ2v) is 10.5. The standard InChI is InChI=1S/C28H46N4O5/c1-7-19(3)23(27(35)32(6)25(28(4,5)36)26(34)30-8-2)31-17-22-15-14-21-12-9-11-20(24(21)37-22)13-10-16-29-18-33/h9,11-12,18-19,22-23,25,31,36H,7-8,10,13-17H2,1-6H3,(H,29,33)(H,30,34). The Hall–Kier alpha value is -2.65. The molecule has 9 heteroatoms. The number of hydrogen-bond donors (Lipinski definition) is 4. The van der Waals surface area contributed by atoms with Gasteiger partial charge in [-0.05, 0) is 63.5 Å². The van der Waals surface area contributed by atoms with Gasteiger partial charge in [-0.2, -0.15) is 0 Å². The zero-order valence-corrected chi connectivity index (χ0v) is 23.3. The molecule has 37 heavy (non-hydrogen) atoms. The summed E-state index contributed by atoms with van der Waals surface area (Å²) in [7, 11) is 1.58. The van der Waals surface area contributed by atoms with E-state index in [0.717, 1.165) is 43.4 Å². The molecular weight excluding hydrogens is 472 g/mol. The minimum atomic E-state index is -1.41. The molecule has 4 N–H and O–H groups in total. The number of aryl methyl sites for hydroxylation is 2. The van der Waals surface area contributed by atoms with Crippen molar-refractivity contribution < 1.29 is 24.2 Å².